The Hall–Kier alpha value is -5.29. The van der Waals surface area contributed by atoms with E-state index in [0.717, 1.165) is 30.0 Å². The standard InChI is InChI=1S/C32H32N8O3/c1-19-7-5-8-23(15-19)40-32(42)28(20(2)38(40)3)31(41)35-22-13-11-21(12-14-22)29-30(33)34-16-26(37-29)25-9-6-10-27(36-25)39-17-24(18-39)43-4/h5-16,24H,17-18H2,1-4H3,(H2,33,34)(H,35,41). The number of pyridine rings is 1. The molecule has 3 aromatic heterocycles. The first-order valence-electron chi connectivity index (χ1n) is 13.9. The fourth-order valence-corrected chi connectivity index (χ4v) is 5.18. The molecule has 2 aromatic carbocycles. The molecule has 1 saturated heterocycles. The van der Waals surface area contributed by atoms with Crippen LogP contribution in [-0.2, 0) is 11.8 Å². The Morgan fingerprint density at radius 1 is 1.00 bits per heavy atom. The molecule has 1 aliphatic rings. The Labute approximate surface area is 248 Å². The molecule has 0 unspecified atom stereocenters. The SMILES string of the molecule is COC1CN(c2cccc(-c3cnc(N)c(-c4ccc(NC(=O)c5c(C)n(C)n(-c6cccc(C)c6)c5=O)cc4)n3)n2)C1. The van der Waals surface area contributed by atoms with Crippen LogP contribution in [0.25, 0.3) is 28.3 Å². The van der Waals surface area contributed by atoms with Gasteiger partial charge in [0.25, 0.3) is 11.5 Å². The molecule has 0 saturated carbocycles. The van der Waals surface area contributed by atoms with Crippen molar-refractivity contribution in [2.45, 2.75) is 20.0 Å². The van der Waals surface area contributed by atoms with Crippen LogP contribution in [0.4, 0.5) is 17.3 Å². The Morgan fingerprint density at radius 3 is 2.47 bits per heavy atom. The number of anilines is 3. The zero-order valence-corrected chi connectivity index (χ0v) is 24.4. The number of carbonyl (C=O) groups is 1. The highest BCUT2D eigenvalue weighted by Crippen LogP contribution is 2.28. The second-order valence-electron chi connectivity index (χ2n) is 10.6. The van der Waals surface area contributed by atoms with Crippen molar-refractivity contribution in [3.05, 3.63) is 100 Å². The average molecular weight is 577 g/mol. The number of nitrogens with zero attached hydrogens (tertiary/aromatic N) is 6. The van der Waals surface area contributed by atoms with Crippen LogP contribution in [0.2, 0.25) is 0 Å². The van der Waals surface area contributed by atoms with Crippen LogP contribution in [0, 0.1) is 13.8 Å². The predicted octanol–water partition coefficient (Wildman–Crippen LogP) is 3.98. The highest BCUT2D eigenvalue weighted by Gasteiger charge is 2.27. The molecule has 0 radical (unpaired) electrons. The number of aromatic nitrogens is 5. The summed E-state index contributed by atoms with van der Waals surface area (Å²) in [6, 6.07) is 20.5. The molecule has 1 fully saturated rings. The molecule has 4 heterocycles. The number of aryl methyl sites for hydroxylation is 1. The molecule has 0 bridgehead atoms. The van der Waals surface area contributed by atoms with Crippen molar-refractivity contribution in [1.29, 1.82) is 0 Å². The molecule has 6 rings (SSSR count). The number of amides is 1. The van der Waals surface area contributed by atoms with E-state index in [4.69, 9.17) is 20.4 Å². The lowest BCUT2D eigenvalue weighted by Crippen LogP contribution is -2.52. The van der Waals surface area contributed by atoms with Gasteiger partial charge in [-0.3, -0.25) is 14.3 Å². The second-order valence-corrected chi connectivity index (χ2v) is 10.6. The molecule has 43 heavy (non-hydrogen) atoms. The van der Waals surface area contributed by atoms with E-state index in [9.17, 15) is 9.59 Å². The van der Waals surface area contributed by atoms with Gasteiger partial charge in [-0.15, -0.1) is 0 Å². The Bertz CT molecular complexity index is 1890. The van der Waals surface area contributed by atoms with E-state index in [1.54, 1.807) is 56.2 Å². The normalized spacial score (nSPS) is 13.2. The smallest absolute Gasteiger partial charge is 0.284 e. The third-order valence-electron chi connectivity index (χ3n) is 7.75. The lowest BCUT2D eigenvalue weighted by molar-refractivity contribution is 0.0783. The number of hydrogen-bond acceptors (Lipinski definition) is 8. The van der Waals surface area contributed by atoms with Gasteiger partial charge in [0.15, 0.2) is 0 Å². The van der Waals surface area contributed by atoms with E-state index in [1.807, 2.05) is 49.4 Å². The first kappa shape index (κ1) is 27.9. The maximum Gasteiger partial charge on any atom is 0.284 e. The molecular weight excluding hydrogens is 544 g/mol. The zero-order valence-electron chi connectivity index (χ0n) is 24.4. The van der Waals surface area contributed by atoms with Gasteiger partial charge in [0.05, 0.1) is 29.4 Å². The van der Waals surface area contributed by atoms with Crippen molar-refractivity contribution in [3.63, 3.8) is 0 Å². The molecule has 0 aliphatic carbocycles. The topological polar surface area (TPSA) is 133 Å². The first-order valence-corrected chi connectivity index (χ1v) is 13.9. The Balaban J connectivity index is 1.22. The molecule has 0 spiro atoms. The van der Waals surface area contributed by atoms with Crippen molar-refractivity contribution >= 4 is 23.2 Å². The number of nitrogen functional groups attached to an aromatic ring is 1. The molecule has 5 aromatic rings. The Kier molecular flexibility index (Phi) is 7.24. The number of benzene rings is 2. The van der Waals surface area contributed by atoms with E-state index in [2.05, 4.69) is 15.2 Å². The van der Waals surface area contributed by atoms with Crippen LogP contribution in [0.1, 0.15) is 21.6 Å². The highest BCUT2D eigenvalue weighted by atomic mass is 16.5. The van der Waals surface area contributed by atoms with Crippen molar-refractivity contribution in [2.75, 3.05) is 36.1 Å². The van der Waals surface area contributed by atoms with Crippen molar-refractivity contribution in [1.82, 2.24) is 24.3 Å². The number of ether oxygens (including phenoxy) is 1. The zero-order chi connectivity index (χ0) is 30.2. The van der Waals surface area contributed by atoms with Gasteiger partial charge in [-0.25, -0.2) is 19.6 Å². The summed E-state index contributed by atoms with van der Waals surface area (Å²) in [5.41, 5.74) is 11.2. The lowest BCUT2D eigenvalue weighted by atomic mass is 10.1. The monoisotopic (exact) mass is 576 g/mol. The third-order valence-corrected chi connectivity index (χ3v) is 7.75. The minimum Gasteiger partial charge on any atom is -0.382 e. The number of hydrogen-bond donors (Lipinski definition) is 2. The largest absolute Gasteiger partial charge is 0.382 e. The second kappa shape index (κ2) is 11.2. The van der Waals surface area contributed by atoms with Gasteiger partial charge >= 0.3 is 0 Å². The number of methoxy groups -OCH3 is 1. The summed E-state index contributed by atoms with van der Waals surface area (Å²) in [6.07, 6.45) is 1.83. The van der Waals surface area contributed by atoms with Gasteiger partial charge in [-0.1, -0.05) is 30.3 Å². The van der Waals surface area contributed by atoms with Crippen LogP contribution in [0.5, 0.6) is 0 Å². The third kappa shape index (κ3) is 5.26. The maximum atomic E-state index is 13.3. The van der Waals surface area contributed by atoms with Gasteiger partial charge in [0.2, 0.25) is 0 Å². The van der Waals surface area contributed by atoms with E-state index >= 15 is 0 Å². The summed E-state index contributed by atoms with van der Waals surface area (Å²) in [5, 5.41) is 2.85. The summed E-state index contributed by atoms with van der Waals surface area (Å²) < 4.78 is 8.56. The fourth-order valence-electron chi connectivity index (χ4n) is 5.18. The molecule has 1 aliphatic heterocycles. The minimum absolute atomic E-state index is 0.0848. The van der Waals surface area contributed by atoms with E-state index in [1.165, 1.54) is 4.68 Å². The summed E-state index contributed by atoms with van der Waals surface area (Å²) in [7, 11) is 3.48. The number of nitrogens with two attached hydrogens (primary N) is 1. The Morgan fingerprint density at radius 2 is 1.74 bits per heavy atom. The number of rotatable bonds is 7. The average Bonchev–Trinajstić information content (AvgIpc) is 3.20. The van der Waals surface area contributed by atoms with Gasteiger partial charge in [0, 0.05) is 38.5 Å². The van der Waals surface area contributed by atoms with Crippen LogP contribution < -0.4 is 21.5 Å². The van der Waals surface area contributed by atoms with Gasteiger partial charge in [-0.2, -0.15) is 0 Å². The van der Waals surface area contributed by atoms with Gasteiger partial charge in [-0.05, 0) is 55.8 Å². The summed E-state index contributed by atoms with van der Waals surface area (Å²) in [6.45, 7) is 5.30. The molecular formula is C32H32N8O3. The quantitative estimate of drug-likeness (QED) is 0.297. The molecule has 3 N–H and O–H groups in total. The highest BCUT2D eigenvalue weighted by molar-refractivity contribution is 6.05. The van der Waals surface area contributed by atoms with Crippen molar-refractivity contribution in [3.8, 4) is 28.3 Å². The van der Waals surface area contributed by atoms with Gasteiger partial charge < -0.3 is 20.7 Å². The predicted molar refractivity (Wildman–Crippen MR) is 167 cm³/mol. The van der Waals surface area contributed by atoms with Crippen molar-refractivity contribution < 1.29 is 9.53 Å². The molecule has 1 amide bonds. The lowest BCUT2D eigenvalue weighted by Gasteiger charge is -2.39. The molecule has 11 nitrogen and oxygen atoms in total. The fraction of sp³-hybridized carbons (Fsp3) is 0.219. The summed E-state index contributed by atoms with van der Waals surface area (Å²) in [4.78, 5) is 42.6. The van der Waals surface area contributed by atoms with Crippen LogP contribution >= 0.6 is 0 Å². The first-order chi connectivity index (χ1) is 20.7. The van der Waals surface area contributed by atoms with Crippen LogP contribution in [0.15, 0.2) is 77.7 Å². The van der Waals surface area contributed by atoms with Crippen LogP contribution in [0.3, 0.4) is 0 Å². The summed E-state index contributed by atoms with van der Waals surface area (Å²) in [5.74, 6) is 0.646. The van der Waals surface area contributed by atoms with Crippen molar-refractivity contribution in [2.24, 2.45) is 7.05 Å². The van der Waals surface area contributed by atoms with E-state index in [0.29, 0.717) is 34.2 Å². The summed E-state index contributed by atoms with van der Waals surface area (Å²) >= 11 is 0. The number of carbonyl (C=O) groups excluding carboxylic acids is 1. The maximum absolute atomic E-state index is 13.3. The van der Waals surface area contributed by atoms with E-state index in [-0.39, 0.29) is 23.0 Å². The molecule has 218 valence electrons. The molecule has 0 atom stereocenters. The van der Waals surface area contributed by atoms with Gasteiger partial charge in [0.1, 0.15) is 28.6 Å². The number of nitrogens with one attached hydrogen (secondary N) is 1. The minimum atomic E-state index is -0.483. The van der Waals surface area contributed by atoms with Crippen LogP contribution in [-0.4, -0.2) is 56.5 Å². The molecule has 11 heteroatoms. The van der Waals surface area contributed by atoms with E-state index < -0.39 is 5.91 Å².